The van der Waals surface area contributed by atoms with Crippen molar-refractivity contribution in [2.24, 2.45) is 0 Å². The van der Waals surface area contributed by atoms with Gasteiger partial charge in [0.25, 0.3) is 0 Å². The minimum atomic E-state index is 0.399. The Balaban J connectivity index is 1.86. The lowest BCUT2D eigenvalue weighted by Crippen LogP contribution is -2.17. The molecular formula is C18H27N3O2. The van der Waals surface area contributed by atoms with E-state index in [-0.39, 0.29) is 0 Å². The lowest BCUT2D eigenvalue weighted by Gasteiger charge is -2.11. The maximum Gasteiger partial charge on any atom is 0.160 e. The number of nitrogens with one attached hydrogen (secondary N) is 1. The molecule has 1 N–H and O–H groups in total. The number of aromatic nitrogens is 2. The van der Waals surface area contributed by atoms with Crippen LogP contribution in [-0.4, -0.2) is 30.5 Å². The summed E-state index contributed by atoms with van der Waals surface area (Å²) in [5.74, 6) is 1.54. The Hall–Kier alpha value is -2.01. The summed E-state index contributed by atoms with van der Waals surface area (Å²) in [5, 5.41) is 7.92. The van der Waals surface area contributed by atoms with Crippen LogP contribution in [0.25, 0.3) is 0 Å². The maximum absolute atomic E-state index is 5.34. The summed E-state index contributed by atoms with van der Waals surface area (Å²) in [7, 11) is 3.31. The number of ether oxygens (including phenoxy) is 2. The fourth-order valence-electron chi connectivity index (χ4n) is 2.65. The van der Waals surface area contributed by atoms with Crippen molar-refractivity contribution in [3.8, 4) is 11.5 Å². The van der Waals surface area contributed by atoms with Crippen molar-refractivity contribution >= 4 is 0 Å². The lowest BCUT2D eigenvalue weighted by atomic mass is 10.1. The van der Waals surface area contributed by atoms with Gasteiger partial charge in [-0.15, -0.1) is 0 Å². The van der Waals surface area contributed by atoms with Crippen LogP contribution >= 0.6 is 0 Å². The topological polar surface area (TPSA) is 48.3 Å². The second kappa shape index (κ2) is 8.02. The highest BCUT2D eigenvalue weighted by Gasteiger charge is 2.08. The molecule has 0 aliphatic rings. The van der Waals surface area contributed by atoms with E-state index in [4.69, 9.17) is 9.47 Å². The number of hydrogen-bond acceptors (Lipinski definition) is 4. The first-order chi connectivity index (χ1) is 11.1. The van der Waals surface area contributed by atoms with Gasteiger partial charge in [0.1, 0.15) is 0 Å². The third kappa shape index (κ3) is 4.26. The first-order valence-electron chi connectivity index (χ1n) is 8.01. The second-order valence-electron chi connectivity index (χ2n) is 5.91. The normalized spacial score (nSPS) is 11.0. The first-order valence-corrected chi connectivity index (χ1v) is 8.01. The predicted molar refractivity (Wildman–Crippen MR) is 92.3 cm³/mol. The number of hydrogen-bond donors (Lipinski definition) is 1. The van der Waals surface area contributed by atoms with Crippen molar-refractivity contribution in [1.29, 1.82) is 0 Å². The maximum atomic E-state index is 5.34. The standard InChI is InChI=1S/C18H27N3O2/c1-13(2)21-14(3)16(12-20-21)11-19-9-8-15-6-7-17(22-4)18(10-15)23-5/h6-7,10,12-13,19H,8-9,11H2,1-5H3. The van der Waals surface area contributed by atoms with Gasteiger partial charge in [-0.1, -0.05) is 6.07 Å². The SMILES string of the molecule is COc1ccc(CCNCc2cnn(C(C)C)c2C)cc1OC. The zero-order chi connectivity index (χ0) is 16.8. The van der Waals surface area contributed by atoms with Crippen molar-refractivity contribution in [3.63, 3.8) is 0 Å². The van der Waals surface area contributed by atoms with Crippen LogP contribution in [0.4, 0.5) is 0 Å². The Morgan fingerprint density at radius 1 is 1.17 bits per heavy atom. The Bertz CT molecular complexity index is 635. The molecule has 1 heterocycles. The minimum absolute atomic E-state index is 0.399. The Labute approximate surface area is 138 Å². The summed E-state index contributed by atoms with van der Waals surface area (Å²) in [5.41, 5.74) is 3.72. The highest BCUT2D eigenvalue weighted by Crippen LogP contribution is 2.27. The molecular weight excluding hydrogens is 290 g/mol. The summed E-state index contributed by atoms with van der Waals surface area (Å²) >= 11 is 0. The monoisotopic (exact) mass is 317 g/mol. The van der Waals surface area contributed by atoms with E-state index in [0.717, 1.165) is 31.0 Å². The van der Waals surface area contributed by atoms with Gasteiger partial charge in [-0.05, 0) is 51.4 Å². The number of rotatable bonds is 8. The molecule has 0 fully saturated rings. The first kappa shape index (κ1) is 17.3. The zero-order valence-electron chi connectivity index (χ0n) is 14.7. The molecule has 2 aromatic rings. The van der Waals surface area contributed by atoms with E-state index >= 15 is 0 Å². The van der Waals surface area contributed by atoms with Crippen molar-refractivity contribution in [1.82, 2.24) is 15.1 Å². The van der Waals surface area contributed by atoms with Crippen molar-refractivity contribution in [3.05, 3.63) is 41.2 Å². The number of methoxy groups -OCH3 is 2. The van der Waals surface area contributed by atoms with E-state index in [2.05, 4.69) is 41.9 Å². The van der Waals surface area contributed by atoms with Crippen molar-refractivity contribution < 1.29 is 9.47 Å². The largest absolute Gasteiger partial charge is 0.493 e. The van der Waals surface area contributed by atoms with Gasteiger partial charge < -0.3 is 14.8 Å². The van der Waals surface area contributed by atoms with Crippen LogP contribution in [0.5, 0.6) is 11.5 Å². The molecule has 0 atom stereocenters. The average molecular weight is 317 g/mol. The zero-order valence-corrected chi connectivity index (χ0v) is 14.7. The van der Waals surface area contributed by atoms with E-state index in [1.165, 1.54) is 16.8 Å². The molecule has 23 heavy (non-hydrogen) atoms. The Morgan fingerprint density at radius 2 is 1.91 bits per heavy atom. The highest BCUT2D eigenvalue weighted by molar-refractivity contribution is 5.42. The molecule has 0 bridgehead atoms. The molecule has 0 aliphatic heterocycles. The molecule has 0 radical (unpaired) electrons. The third-order valence-electron chi connectivity index (χ3n) is 3.99. The van der Waals surface area contributed by atoms with Crippen LogP contribution < -0.4 is 14.8 Å². The number of benzene rings is 1. The summed E-state index contributed by atoms with van der Waals surface area (Å²) < 4.78 is 12.7. The van der Waals surface area contributed by atoms with Crippen LogP contribution in [0.1, 0.15) is 36.7 Å². The molecule has 0 aliphatic carbocycles. The van der Waals surface area contributed by atoms with Crippen molar-refractivity contribution in [2.75, 3.05) is 20.8 Å². The molecule has 5 heteroatoms. The minimum Gasteiger partial charge on any atom is -0.493 e. The van der Waals surface area contributed by atoms with E-state index in [9.17, 15) is 0 Å². The van der Waals surface area contributed by atoms with Gasteiger partial charge in [-0.2, -0.15) is 5.10 Å². The molecule has 1 aromatic heterocycles. The predicted octanol–water partition coefficient (Wildman–Crippen LogP) is 3.12. The van der Waals surface area contributed by atoms with Gasteiger partial charge in [-0.25, -0.2) is 0 Å². The van der Waals surface area contributed by atoms with E-state index < -0.39 is 0 Å². The van der Waals surface area contributed by atoms with Gasteiger partial charge in [0.2, 0.25) is 0 Å². The smallest absolute Gasteiger partial charge is 0.160 e. The molecule has 0 unspecified atom stereocenters. The molecule has 0 saturated heterocycles. The Morgan fingerprint density at radius 3 is 2.52 bits per heavy atom. The summed E-state index contributed by atoms with van der Waals surface area (Å²) in [6.45, 7) is 8.16. The van der Waals surface area contributed by atoms with Crippen LogP contribution in [-0.2, 0) is 13.0 Å². The summed E-state index contributed by atoms with van der Waals surface area (Å²) in [6.07, 6.45) is 2.90. The van der Waals surface area contributed by atoms with Crippen LogP contribution in [0.2, 0.25) is 0 Å². The van der Waals surface area contributed by atoms with E-state index in [1.54, 1.807) is 14.2 Å². The van der Waals surface area contributed by atoms with Crippen LogP contribution in [0.15, 0.2) is 24.4 Å². The molecule has 126 valence electrons. The van der Waals surface area contributed by atoms with Gasteiger partial charge in [0.15, 0.2) is 11.5 Å². The van der Waals surface area contributed by atoms with E-state index in [0.29, 0.717) is 6.04 Å². The molecule has 1 aromatic carbocycles. The summed E-state index contributed by atoms with van der Waals surface area (Å²) in [4.78, 5) is 0. The quantitative estimate of drug-likeness (QED) is 0.760. The molecule has 0 spiro atoms. The van der Waals surface area contributed by atoms with Crippen LogP contribution in [0, 0.1) is 6.92 Å². The van der Waals surface area contributed by atoms with Gasteiger partial charge >= 0.3 is 0 Å². The Kier molecular flexibility index (Phi) is 6.04. The van der Waals surface area contributed by atoms with Gasteiger partial charge in [-0.3, -0.25) is 4.68 Å². The molecule has 5 nitrogen and oxygen atoms in total. The fourth-order valence-corrected chi connectivity index (χ4v) is 2.65. The van der Waals surface area contributed by atoms with Gasteiger partial charge in [0, 0.05) is 23.8 Å². The average Bonchev–Trinajstić information content (AvgIpc) is 2.92. The van der Waals surface area contributed by atoms with Crippen molar-refractivity contribution in [2.45, 2.75) is 39.8 Å². The molecule has 2 rings (SSSR count). The third-order valence-corrected chi connectivity index (χ3v) is 3.99. The van der Waals surface area contributed by atoms with Gasteiger partial charge in [0.05, 0.1) is 20.4 Å². The van der Waals surface area contributed by atoms with E-state index in [1.807, 2.05) is 18.3 Å². The molecule has 0 saturated carbocycles. The fraction of sp³-hybridized carbons (Fsp3) is 0.500. The highest BCUT2D eigenvalue weighted by atomic mass is 16.5. The molecule has 0 amide bonds. The lowest BCUT2D eigenvalue weighted by molar-refractivity contribution is 0.354. The number of nitrogens with zero attached hydrogens (tertiary/aromatic N) is 2. The summed E-state index contributed by atoms with van der Waals surface area (Å²) in [6, 6.07) is 6.45. The van der Waals surface area contributed by atoms with Crippen LogP contribution in [0.3, 0.4) is 0 Å². The second-order valence-corrected chi connectivity index (χ2v) is 5.91.